The molecule has 150 valence electrons. The van der Waals surface area contributed by atoms with Crippen molar-refractivity contribution in [3.63, 3.8) is 0 Å². The van der Waals surface area contributed by atoms with Gasteiger partial charge in [-0.2, -0.15) is 0 Å². The number of carbonyl (C=O) groups is 1. The van der Waals surface area contributed by atoms with Gasteiger partial charge in [0, 0.05) is 48.9 Å². The maximum Gasteiger partial charge on any atom is 0.253 e. The summed E-state index contributed by atoms with van der Waals surface area (Å²) in [5.41, 5.74) is 4.25. The first-order valence-corrected chi connectivity index (χ1v) is 10.4. The average Bonchev–Trinajstić information content (AvgIpc) is 3.22. The van der Waals surface area contributed by atoms with Gasteiger partial charge in [-0.15, -0.1) is 0 Å². The molecule has 6 nitrogen and oxygen atoms in total. The highest BCUT2D eigenvalue weighted by Crippen LogP contribution is 2.29. The van der Waals surface area contributed by atoms with Crippen LogP contribution in [0.3, 0.4) is 0 Å². The molecule has 5 heterocycles. The second kappa shape index (κ2) is 7.88. The van der Waals surface area contributed by atoms with Crippen LogP contribution in [-0.2, 0) is 0 Å². The second-order valence-corrected chi connectivity index (χ2v) is 7.93. The topological polar surface area (TPSA) is 63.4 Å². The lowest BCUT2D eigenvalue weighted by molar-refractivity contribution is 0.0706. The Morgan fingerprint density at radius 3 is 2.83 bits per heavy atom. The number of aromatic nitrogens is 4. The number of rotatable bonds is 3. The Hall–Kier alpha value is -3.25. The standard InChI is InChI=1S/C23H20ClN5O/c24-18-6-7-22-26-13-21(29(22)15-18)20-5-1-4-19(27-20)17-3-2-12-28(14-17)23(30)16-8-10-25-11-9-16/h1,4-11,13,15,17H,2-3,12,14H2. The van der Waals surface area contributed by atoms with Crippen molar-refractivity contribution in [2.75, 3.05) is 13.1 Å². The van der Waals surface area contributed by atoms with Gasteiger partial charge in [-0.1, -0.05) is 17.7 Å². The molecule has 1 aliphatic heterocycles. The van der Waals surface area contributed by atoms with Gasteiger partial charge in [0.25, 0.3) is 5.91 Å². The summed E-state index contributed by atoms with van der Waals surface area (Å²) in [4.78, 5) is 28.2. The van der Waals surface area contributed by atoms with E-state index < -0.39 is 0 Å². The lowest BCUT2D eigenvalue weighted by Crippen LogP contribution is -2.39. The summed E-state index contributed by atoms with van der Waals surface area (Å²) in [6.07, 6.45) is 8.94. The molecule has 0 bridgehead atoms. The number of halogens is 1. The number of nitrogens with zero attached hydrogens (tertiary/aromatic N) is 5. The molecule has 1 unspecified atom stereocenters. The smallest absolute Gasteiger partial charge is 0.253 e. The molecule has 0 N–H and O–H groups in total. The molecule has 1 amide bonds. The lowest BCUT2D eigenvalue weighted by Gasteiger charge is -2.32. The maximum atomic E-state index is 12.9. The fourth-order valence-corrected chi connectivity index (χ4v) is 4.21. The Morgan fingerprint density at radius 1 is 1.10 bits per heavy atom. The minimum atomic E-state index is 0.0506. The number of likely N-dealkylation sites (tertiary alicyclic amines) is 1. The Morgan fingerprint density at radius 2 is 1.97 bits per heavy atom. The van der Waals surface area contributed by atoms with Crippen LogP contribution in [-0.4, -0.2) is 43.2 Å². The van der Waals surface area contributed by atoms with Crippen molar-refractivity contribution in [3.8, 4) is 11.4 Å². The molecule has 5 rings (SSSR count). The van der Waals surface area contributed by atoms with Crippen LogP contribution in [0.25, 0.3) is 17.0 Å². The lowest BCUT2D eigenvalue weighted by atomic mass is 9.93. The highest BCUT2D eigenvalue weighted by atomic mass is 35.5. The molecule has 30 heavy (non-hydrogen) atoms. The normalized spacial score (nSPS) is 16.7. The Kier molecular flexibility index (Phi) is 4.93. The molecule has 0 radical (unpaired) electrons. The van der Waals surface area contributed by atoms with Gasteiger partial charge in [0.2, 0.25) is 0 Å². The zero-order chi connectivity index (χ0) is 20.5. The number of pyridine rings is 3. The minimum absolute atomic E-state index is 0.0506. The Bertz CT molecular complexity index is 1210. The third kappa shape index (κ3) is 3.55. The predicted octanol–water partition coefficient (Wildman–Crippen LogP) is 4.46. The summed E-state index contributed by atoms with van der Waals surface area (Å²) < 4.78 is 1.95. The summed E-state index contributed by atoms with van der Waals surface area (Å²) in [5.74, 6) is 0.252. The van der Waals surface area contributed by atoms with E-state index in [2.05, 4.69) is 9.97 Å². The van der Waals surface area contributed by atoms with E-state index in [0.717, 1.165) is 42.1 Å². The SMILES string of the molecule is O=C(c1ccncc1)N1CCCC(c2cccc(-c3cnc4ccc(Cl)cn34)n2)C1. The fraction of sp³-hybridized carbons (Fsp3) is 0.217. The second-order valence-electron chi connectivity index (χ2n) is 7.49. The van der Waals surface area contributed by atoms with E-state index in [4.69, 9.17) is 16.6 Å². The van der Waals surface area contributed by atoms with Crippen LogP contribution in [0.5, 0.6) is 0 Å². The van der Waals surface area contributed by atoms with Crippen LogP contribution in [0.2, 0.25) is 5.02 Å². The van der Waals surface area contributed by atoms with Crippen molar-refractivity contribution in [1.29, 1.82) is 0 Å². The molecule has 0 spiro atoms. The van der Waals surface area contributed by atoms with Crippen molar-refractivity contribution in [1.82, 2.24) is 24.3 Å². The van der Waals surface area contributed by atoms with Crippen LogP contribution < -0.4 is 0 Å². The quantitative estimate of drug-likeness (QED) is 0.493. The van der Waals surface area contributed by atoms with Gasteiger partial charge in [0.15, 0.2) is 0 Å². The van der Waals surface area contributed by atoms with Crippen molar-refractivity contribution in [3.05, 3.63) is 83.5 Å². The van der Waals surface area contributed by atoms with Gasteiger partial charge >= 0.3 is 0 Å². The number of amides is 1. The molecule has 1 fully saturated rings. The van der Waals surface area contributed by atoms with Gasteiger partial charge in [0.05, 0.1) is 22.6 Å². The number of hydrogen-bond donors (Lipinski definition) is 0. The summed E-state index contributed by atoms with van der Waals surface area (Å²) >= 11 is 6.17. The first kappa shape index (κ1) is 18.8. The van der Waals surface area contributed by atoms with Gasteiger partial charge in [-0.3, -0.25) is 19.2 Å². The average molecular weight is 418 g/mol. The third-order valence-corrected chi connectivity index (χ3v) is 5.78. The van der Waals surface area contributed by atoms with Gasteiger partial charge in [0.1, 0.15) is 5.65 Å². The maximum absolute atomic E-state index is 12.9. The molecular weight excluding hydrogens is 398 g/mol. The van der Waals surface area contributed by atoms with E-state index in [1.54, 1.807) is 24.5 Å². The fourth-order valence-electron chi connectivity index (χ4n) is 4.05. The predicted molar refractivity (Wildman–Crippen MR) is 116 cm³/mol. The van der Waals surface area contributed by atoms with Gasteiger partial charge in [-0.05, 0) is 49.2 Å². The number of piperidine rings is 1. The van der Waals surface area contributed by atoms with E-state index in [1.165, 1.54) is 0 Å². The highest BCUT2D eigenvalue weighted by Gasteiger charge is 2.26. The monoisotopic (exact) mass is 417 g/mol. The van der Waals surface area contributed by atoms with E-state index in [-0.39, 0.29) is 11.8 Å². The minimum Gasteiger partial charge on any atom is -0.338 e. The first-order chi connectivity index (χ1) is 14.7. The zero-order valence-corrected chi connectivity index (χ0v) is 17.0. The summed E-state index contributed by atoms with van der Waals surface area (Å²) in [7, 11) is 0. The van der Waals surface area contributed by atoms with E-state index in [1.807, 2.05) is 52.0 Å². The van der Waals surface area contributed by atoms with Gasteiger partial charge < -0.3 is 4.90 Å². The van der Waals surface area contributed by atoms with Crippen molar-refractivity contribution >= 4 is 23.2 Å². The first-order valence-electron chi connectivity index (χ1n) is 9.98. The molecule has 4 aromatic heterocycles. The van der Waals surface area contributed by atoms with Crippen molar-refractivity contribution in [2.45, 2.75) is 18.8 Å². The number of hydrogen-bond acceptors (Lipinski definition) is 4. The highest BCUT2D eigenvalue weighted by molar-refractivity contribution is 6.30. The van der Waals surface area contributed by atoms with Crippen LogP contribution in [0.15, 0.2) is 67.3 Å². The Labute approximate surface area is 179 Å². The van der Waals surface area contributed by atoms with Crippen LogP contribution in [0.1, 0.15) is 34.8 Å². The molecule has 1 saturated heterocycles. The molecule has 0 aliphatic carbocycles. The third-order valence-electron chi connectivity index (χ3n) is 5.56. The summed E-state index contributed by atoms with van der Waals surface area (Å²) in [6.45, 7) is 1.43. The number of fused-ring (bicyclic) bond motifs is 1. The van der Waals surface area contributed by atoms with Crippen molar-refractivity contribution < 1.29 is 4.79 Å². The molecule has 0 saturated carbocycles. The Balaban J connectivity index is 1.42. The van der Waals surface area contributed by atoms with Crippen LogP contribution in [0.4, 0.5) is 0 Å². The van der Waals surface area contributed by atoms with E-state index in [9.17, 15) is 4.79 Å². The van der Waals surface area contributed by atoms with E-state index >= 15 is 0 Å². The molecule has 7 heteroatoms. The molecule has 1 aliphatic rings. The molecule has 0 aromatic carbocycles. The molecular formula is C23H20ClN5O. The number of imidazole rings is 1. The number of carbonyl (C=O) groups excluding carboxylic acids is 1. The summed E-state index contributed by atoms with van der Waals surface area (Å²) in [5, 5.41) is 0.649. The largest absolute Gasteiger partial charge is 0.338 e. The molecule has 4 aromatic rings. The van der Waals surface area contributed by atoms with Crippen LogP contribution in [0, 0.1) is 0 Å². The molecule has 1 atom stereocenters. The van der Waals surface area contributed by atoms with Crippen LogP contribution >= 0.6 is 11.6 Å². The van der Waals surface area contributed by atoms with Gasteiger partial charge in [-0.25, -0.2) is 4.98 Å². The zero-order valence-electron chi connectivity index (χ0n) is 16.3. The van der Waals surface area contributed by atoms with E-state index in [0.29, 0.717) is 17.1 Å². The van der Waals surface area contributed by atoms with Crippen molar-refractivity contribution in [2.24, 2.45) is 0 Å². The summed E-state index contributed by atoms with van der Waals surface area (Å²) in [6, 6.07) is 13.3.